The summed E-state index contributed by atoms with van der Waals surface area (Å²) in [7, 11) is 0. The van der Waals surface area contributed by atoms with Gasteiger partial charge in [0.2, 0.25) is 0 Å². The van der Waals surface area contributed by atoms with Gasteiger partial charge in [0.05, 0.1) is 5.56 Å². The van der Waals surface area contributed by atoms with Gasteiger partial charge in [-0.25, -0.2) is 4.79 Å². The average Bonchev–Trinajstić information content (AvgIpc) is 3.38. The molecular weight excluding hydrogens is 592 g/mol. The summed E-state index contributed by atoms with van der Waals surface area (Å²) in [5.74, 6) is 1.05. The first kappa shape index (κ1) is 31.6. The lowest BCUT2D eigenvalue weighted by Gasteiger charge is -2.38. The Hall–Kier alpha value is -5.03. The number of carbonyl (C=O) groups excluding carboxylic acids is 1. The summed E-state index contributed by atoms with van der Waals surface area (Å²) in [6.07, 6.45) is 4.67. The number of esters is 1. The molecule has 244 valence electrons. The van der Waals surface area contributed by atoms with E-state index in [1.54, 1.807) is 0 Å². The van der Waals surface area contributed by atoms with Gasteiger partial charge < -0.3 is 19.7 Å². The van der Waals surface area contributed by atoms with Crippen LogP contribution in [0.3, 0.4) is 0 Å². The van der Waals surface area contributed by atoms with Crippen molar-refractivity contribution >= 4 is 28.7 Å². The number of aryl methyl sites for hydroxylation is 1. The van der Waals surface area contributed by atoms with E-state index in [1.165, 1.54) is 24.8 Å². The summed E-state index contributed by atoms with van der Waals surface area (Å²) in [5.41, 5.74) is 8.41. The van der Waals surface area contributed by atoms with Crippen LogP contribution < -0.4 is 15.0 Å². The van der Waals surface area contributed by atoms with Crippen LogP contribution in [0.5, 0.6) is 11.5 Å². The minimum atomic E-state index is -1.14. The zero-order valence-corrected chi connectivity index (χ0v) is 28.6. The summed E-state index contributed by atoms with van der Waals surface area (Å²) >= 11 is 0. The summed E-state index contributed by atoms with van der Waals surface area (Å²) in [5, 5.41) is 3.57. The van der Waals surface area contributed by atoms with Gasteiger partial charge in [-0.3, -0.25) is 0 Å². The highest BCUT2D eigenvalue weighted by atomic mass is 16.6. The van der Waals surface area contributed by atoms with Crippen LogP contribution in [0.4, 0.5) is 22.7 Å². The lowest BCUT2D eigenvalue weighted by molar-refractivity contribution is 0.0224. The van der Waals surface area contributed by atoms with Gasteiger partial charge in [-0.2, -0.15) is 0 Å². The number of benzene rings is 5. The normalized spacial score (nSPS) is 16.1. The van der Waals surface area contributed by atoms with Crippen molar-refractivity contribution in [2.75, 3.05) is 16.8 Å². The van der Waals surface area contributed by atoms with Crippen LogP contribution in [-0.2, 0) is 15.8 Å². The Morgan fingerprint density at radius 1 is 0.729 bits per heavy atom. The van der Waals surface area contributed by atoms with Crippen LogP contribution in [0.1, 0.15) is 91.6 Å². The highest BCUT2D eigenvalue weighted by Gasteiger charge is 2.53. The number of hydrogen-bond donors (Lipinski definition) is 1. The first-order valence-electron chi connectivity index (χ1n) is 17.2. The van der Waals surface area contributed by atoms with E-state index in [4.69, 9.17) is 9.47 Å². The van der Waals surface area contributed by atoms with Gasteiger partial charge in [-0.1, -0.05) is 95.5 Å². The van der Waals surface area contributed by atoms with Crippen LogP contribution in [0.15, 0.2) is 109 Å². The number of para-hydroxylation sites is 1. The van der Waals surface area contributed by atoms with E-state index < -0.39 is 5.60 Å². The number of carbonyl (C=O) groups is 1. The maximum atomic E-state index is 13.5. The van der Waals surface area contributed by atoms with Crippen molar-refractivity contribution in [3.8, 4) is 11.5 Å². The largest absolute Gasteiger partial charge is 0.456 e. The molecular formula is C43H44N2O3. The molecule has 0 aromatic heterocycles. The quantitative estimate of drug-likeness (QED) is 0.129. The second kappa shape index (κ2) is 12.5. The van der Waals surface area contributed by atoms with Gasteiger partial charge >= 0.3 is 5.97 Å². The first-order valence-corrected chi connectivity index (χ1v) is 17.2. The Balaban J connectivity index is 1.35. The van der Waals surface area contributed by atoms with Crippen molar-refractivity contribution in [2.45, 2.75) is 71.3 Å². The summed E-state index contributed by atoms with van der Waals surface area (Å²) in [6, 6.07) is 37.3. The van der Waals surface area contributed by atoms with Crippen molar-refractivity contribution in [1.82, 2.24) is 0 Å². The smallest absolute Gasteiger partial charge is 0.340 e. The van der Waals surface area contributed by atoms with E-state index in [0.717, 1.165) is 58.0 Å². The SMILES string of the molecule is CCCCCCN(c1ccc(C(C)(C)C)cc1)c1ccc2c(c1)Oc1cc(C)c(Nc3ccccc3)cc1C21OC(=O)c2ccccc21. The molecule has 5 heteroatoms. The molecule has 2 aliphatic heterocycles. The number of ether oxygens (including phenoxy) is 2. The van der Waals surface area contributed by atoms with Crippen LogP contribution in [-0.4, -0.2) is 12.5 Å². The standard InChI is InChI=1S/C43H44N2O3/c1-6-7-8-14-25-45(32-21-19-30(20-22-32)42(3,4)5)33-23-24-36-40(27-33)47-39-26-29(2)38(44-31-15-10-9-11-16-31)28-37(39)43(36)35-18-13-12-17-34(35)41(46)48-43/h9-13,15-24,26-28,44H,6-8,14,25H2,1-5H3. The molecule has 0 aliphatic carbocycles. The molecule has 5 aromatic rings. The highest BCUT2D eigenvalue weighted by molar-refractivity contribution is 5.97. The maximum Gasteiger partial charge on any atom is 0.340 e. The fourth-order valence-corrected chi connectivity index (χ4v) is 7.03. The summed E-state index contributed by atoms with van der Waals surface area (Å²) in [6.45, 7) is 11.9. The molecule has 2 heterocycles. The van der Waals surface area contributed by atoms with Gasteiger partial charge in [0.1, 0.15) is 11.5 Å². The molecule has 0 bridgehead atoms. The average molecular weight is 637 g/mol. The zero-order chi connectivity index (χ0) is 33.5. The maximum absolute atomic E-state index is 13.5. The number of unbranched alkanes of at least 4 members (excludes halogenated alkanes) is 3. The second-order valence-corrected chi connectivity index (χ2v) is 14.1. The molecule has 1 atom stereocenters. The number of rotatable bonds is 9. The monoisotopic (exact) mass is 636 g/mol. The van der Waals surface area contributed by atoms with E-state index >= 15 is 0 Å². The van der Waals surface area contributed by atoms with Crippen LogP contribution >= 0.6 is 0 Å². The minimum absolute atomic E-state index is 0.0788. The highest BCUT2D eigenvalue weighted by Crippen LogP contribution is 2.57. The molecule has 1 N–H and O–H groups in total. The second-order valence-electron chi connectivity index (χ2n) is 14.1. The first-order chi connectivity index (χ1) is 23.2. The fraction of sp³-hybridized carbons (Fsp3) is 0.279. The van der Waals surface area contributed by atoms with E-state index in [2.05, 4.69) is 99.4 Å². The van der Waals surface area contributed by atoms with Crippen molar-refractivity contribution in [2.24, 2.45) is 0 Å². The molecule has 5 aromatic carbocycles. The third kappa shape index (κ3) is 5.61. The van der Waals surface area contributed by atoms with Crippen LogP contribution in [0.2, 0.25) is 0 Å². The van der Waals surface area contributed by atoms with E-state index in [-0.39, 0.29) is 11.4 Å². The number of nitrogens with zero attached hydrogens (tertiary/aromatic N) is 1. The predicted molar refractivity (Wildman–Crippen MR) is 195 cm³/mol. The van der Waals surface area contributed by atoms with Gasteiger partial charge in [0.25, 0.3) is 0 Å². The molecule has 0 saturated heterocycles. The number of anilines is 4. The number of hydrogen-bond acceptors (Lipinski definition) is 5. The summed E-state index contributed by atoms with van der Waals surface area (Å²) < 4.78 is 13.3. The van der Waals surface area contributed by atoms with E-state index in [1.807, 2.05) is 54.6 Å². The zero-order valence-electron chi connectivity index (χ0n) is 28.6. The van der Waals surface area contributed by atoms with E-state index in [9.17, 15) is 4.79 Å². The Morgan fingerprint density at radius 3 is 2.19 bits per heavy atom. The van der Waals surface area contributed by atoms with Crippen molar-refractivity contribution < 1.29 is 14.3 Å². The molecule has 0 fully saturated rings. The Morgan fingerprint density at radius 2 is 1.44 bits per heavy atom. The van der Waals surface area contributed by atoms with Crippen molar-refractivity contribution in [3.63, 3.8) is 0 Å². The van der Waals surface area contributed by atoms with Gasteiger partial charge in [-0.05, 0) is 84.5 Å². The third-order valence-electron chi connectivity index (χ3n) is 9.69. The number of nitrogens with one attached hydrogen (secondary N) is 1. The Bertz CT molecular complexity index is 1960. The van der Waals surface area contributed by atoms with Gasteiger partial charge in [-0.15, -0.1) is 0 Å². The molecule has 0 radical (unpaired) electrons. The Labute approximate surface area is 284 Å². The molecule has 1 spiro atoms. The lowest BCUT2D eigenvalue weighted by Crippen LogP contribution is -2.33. The minimum Gasteiger partial charge on any atom is -0.456 e. The summed E-state index contributed by atoms with van der Waals surface area (Å²) in [4.78, 5) is 15.9. The van der Waals surface area contributed by atoms with Crippen LogP contribution in [0.25, 0.3) is 0 Å². The number of fused-ring (bicyclic) bond motifs is 6. The van der Waals surface area contributed by atoms with Gasteiger partial charge in [0, 0.05) is 52.1 Å². The molecule has 5 nitrogen and oxygen atoms in total. The van der Waals surface area contributed by atoms with E-state index in [0.29, 0.717) is 17.1 Å². The van der Waals surface area contributed by atoms with Crippen LogP contribution in [0, 0.1) is 6.92 Å². The fourth-order valence-electron chi connectivity index (χ4n) is 7.03. The molecule has 2 aliphatic rings. The predicted octanol–water partition coefficient (Wildman–Crippen LogP) is 11.3. The third-order valence-corrected chi connectivity index (χ3v) is 9.69. The molecule has 0 amide bonds. The topological polar surface area (TPSA) is 50.8 Å². The molecule has 48 heavy (non-hydrogen) atoms. The Kier molecular flexibility index (Phi) is 8.24. The molecule has 0 saturated carbocycles. The van der Waals surface area contributed by atoms with Crippen molar-refractivity contribution in [3.05, 3.63) is 143 Å². The lowest BCUT2D eigenvalue weighted by atomic mass is 9.77. The molecule has 7 rings (SSSR count). The van der Waals surface area contributed by atoms with Gasteiger partial charge in [0.15, 0.2) is 5.60 Å². The van der Waals surface area contributed by atoms with Crippen molar-refractivity contribution in [1.29, 1.82) is 0 Å². The molecule has 1 unspecified atom stereocenters.